The normalized spacial score (nSPS) is 22.3. The van der Waals surface area contributed by atoms with Crippen LogP contribution in [0.25, 0.3) is 0 Å². The zero-order chi connectivity index (χ0) is 18.7. The second kappa shape index (κ2) is 7.92. The fraction of sp³-hybridized carbons (Fsp3) is 0.667. The topological polar surface area (TPSA) is 83.8 Å². The molecular weight excluding hydrogens is 354 g/mol. The fourth-order valence-electron chi connectivity index (χ4n) is 3.95. The first-order valence-electron chi connectivity index (χ1n) is 9.47. The molecule has 0 aliphatic carbocycles. The van der Waals surface area contributed by atoms with Crippen molar-refractivity contribution < 1.29 is 13.3 Å². The number of sulfonamides is 1. The number of nitro groups is 1. The van der Waals surface area contributed by atoms with Crippen molar-refractivity contribution in [3.8, 4) is 0 Å². The molecule has 0 saturated carbocycles. The van der Waals surface area contributed by atoms with Gasteiger partial charge < -0.3 is 4.90 Å². The lowest BCUT2D eigenvalue weighted by molar-refractivity contribution is -0.384. The van der Waals surface area contributed by atoms with Crippen LogP contribution in [0.3, 0.4) is 0 Å². The van der Waals surface area contributed by atoms with Gasteiger partial charge in [-0.2, -0.15) is 4.31 Å². The summed E-state index contributed by atoms with van der Waals surface area (Å²) in [5.74, 6) is 0.528. The van der Waals surface area contributed by atoms with Gasteiger partial charge in [0.1, 0.15) is 5.69 Å². The van der Waals surface area contributed by atoms with E-state index in [2.05, 4.69) is 6.92 Å². The molecule has 8 heteroatoms. The lowest BCUT2D eigenvalue weighted by Gasteiger charge is -2.33. The minimum absolute atomic E-state index is 0.0268. The van der Waals surface area contributed by atoms with E-state index < -0.39 is 14.9 Å². The van der Waals surface area contributed by atoms with Crippen LogP contribution in [0.1, 0.15) is 45.4 Å². The van der Waals surface area contributed by atoms with Crippen LogP contribution >= 0.6 is 0 Å². The molecule has 2 fully saturated rings. The Morgan fingerprint density at radius 2 is 1.88 bits per heavy atom. The zero-order valence-corrected chi connectivity index (χ0v) is 16.1. The quantitative estimate of drug-likeness (QED) is 0.576. The molecule has 0 radical (unpaired) electrons. The molecule has 1 aromatic carbocycles. The molecule has 7 nitrogen and oxygen atoms in total. The average Bonchev–Trinajstić information content (AvgIpc) is 2.68. The predicted molar refractivity (Wildman–Crippen MR) is 101 cm³/mol. The lowest BCUT2D eigenvalue weighted by atomic mass is 9.95. The predicted octanol–water partition coefficient (Wildman–Crippen LogP) is 3.40. The molecule has 0 bridgehead atoms. The number of hydrogen-bond donors (Lipinski definition) is 0. The zero-order valence-electron chi connectivity index (χ0n) is 15.3. The Labute approximate surface area is 155 Å². The molecule has 0 aromatic heterocycles. The van der Waals surface area contributed by atoms with Gasteiger partial charge in [-0.05, 0) is 43.7 Å². The molecule has 0 N–H and O–H groups in total. The number of anilines is 1. The molecule has 144 valence electrons. The number of hydrogen-bond acceptors (Lipinski definition) is 5. The highest BCUT2D eigenvalue weighted by atomic mass is 32.2. The van der Waals surface area contributed by atoms with Crippen LogP contribution in [0.4, 0.5) is 11.4 Å². The third-order valence-electron chi connectivity index (χ3n) is 5.53. The molecule has 2 saturated heterocycles. The summed E-state index contributed by atoms with van der Waals surface area (Å²) in [5.41, 5.74) is 0.422. The van der Waals surface area contributed by atoms with Crippen LogP contribution in [0, 0.1) is 16.0 Å². The largest absolute Gasteiger partial charge is 0.366 e. The highest BCUT2D eigenvalue weighted by Crippen LogP contribution is 2.35. The second-order valence-electron chi connectivity index (χ2n) is 7.23. The SMILES string of the molecule is CCC1CCCN(c2ccc(S(=O)(=O)N3CCCCC3)cc2[N+](=O)[O-])C1. The number of rotatable bonds is 5. The number of nitro benzene ring substituents is 1. The van der Waals surface area contributed by atoms with Crippen molar-refractivity contribution in [2.75, 3.05) is 31.1 Å². The molecule has 0 spiro atoms. The molecule has 1 unspecified atom stereocenters. The highest BCUT2D eigenvalue weighted by Gasteiger charge is 2.30. The highest BCUT2D eigenvalue weighted by molar-refractivity contribution is 7.89. The van der Waals surface area contributed by atoms with Gasteiger partial charge in [0.25, 0.3) is 5.69 Å². The summed E-state index contributed by atoms with van der Waals surface area (Å²) in [6, 6.07) is 4.39. The van der Waals surface area contributed by atoms with E-state index in [4.69, 9.17) is 0 Å². The molecule has 3 rings (SSSR count). The van der Waals surface area contributed by atoms with Gasteiger partial charge >= 0.3 is 0 Å². The Bertz CT molecular complexity index is 760. The van der Waals surface area contributed by atoms with Crippen LogP contribution in [0.2, 0.25) is 0 Å². The van der Waals surface area contributed by atoms with E-state index in [0.29, 0.717) is 24.7 Å². The van der Waals surface area contributed by atoms with Crippen LogP contribution in [0.5, 0.6) is 0 Å². The van der Waals surface area contributed by atoms with Gasteiger partial charge in [-0.1, -0.05) is 19.8 Å². The van der Waals surface area contributed by atoms with Crippen LogP contribution < -0.4 is 4.90 Å². The van der Waals surface area contributed by atoms with Crippen molar-refractivity contribution >= 4 is 21.4 Å². The summed E-state index contributed by atoms with van der Waals surface area (Å²) in [6.45, 7) is 4.67. The van der Waals surface area contributed by atoms with Gasteiger partial charge in [-0.25, -0.2) is 8.42 Å². The van der Waals surface area contributed by atoms with E-state index >= 15 is 0 Å². The third kappa shape index (κ3) is 3.86. The molecule has 2 heterocycles. The maximum absolute atomic E-state index is 12.8. The Kier molecular flexibility index (Phi) is 5.82. The standard InChI is InChI=1S/C18H27N3O4S/c1-2-15-7-6-10-19(14-15)17-9-8-16(13-18(17)21(22)23)26(24,25)20-11-4-3-5-12-20/h8-9,13,15H,2-7,10-12,14H2,1H3. The molecule has 2 aliphatic rings. The van der Waals surface area contributed by atoms with Crippen LogP contribution in [0.15, 0.2) is 23.1 Å². The first-order chi connectivity index (χ1) is 12.4. The van der Waals surface area contributed by atoms with Crippen molar-refractivity contribution in [1.29, 1.82) is 0 Å². The molecule has 26 heavy (non-hydrogen) atoms. The third-order valence-corrected chi connectivity index (χ3v) is 7.43. The van der Waals surface area contributed by atoms with Gasteiger partial charge in [0.2, 0.25) is 10.0 Å². The Hall–Kier alpha value is -1.67. The van der Waals surface area contributed by atoms with E-state index in [1.54, 1.807) is 6.07 Å². The van der Waals surface area contributed by atoms with Crippen molar-refractivity contribution in [3.63, 3.8) is 0 Å². The van der Waals surface area contributed by atoms with E-state index in [1.807, 2.05) is 4.90 Å². The molecule has 1 aromatic rings. The maximum atomic E-state index is 12.8. The van der Waals surface area contributed by atoms with E-state index in [-0.39, 0.29) is 10.6 Å². The number of piperidine rings is 2. The monoisotopic (exact) mass is 381 g/mol. The average molecular weight is 381 g/mol. The molecule has 1 atom stereocenters. The van der Waals surface area contributed by atoms with Crippen molar-refractivity contribution in [3.05, 3.63) is 28.3 Å². The van der Waals surface area contributed by atoms with E-state index in [9.17, 15) is 18.5 Å². The summed E-state index contributed by atoms with van der Waals surface area (Å²) in [6.07, 6.45) is 5.90. The van der Waals surface area contributed by atoms with Crippen molar-refractivity contribution in [2.45, 2.75) is 50.3 Å². The van der Waals surface area contributed by atoms with Gasteiger partial charge in [-0.3, -0.25) is 10.1 Å². The smallest absolute Gasteiger partial charge is 0.293 e. The fourth-order valence-corrected chi connectivity index (χ4v) is 5.49. The summed E-state index contributed by atoms with van der Waals surface area (Å²) in [7, 11) is -3.67. The Morgan fingerprint density at radius 1 is 1.15 bits per heavy atom. The van der Waals surface area contributed by atoms with Crippen LogP contribution in [-0.4, -0.2) is 43.8 Å². The summed E-state index contributed by atoms with van der Waals surface area (Å²) in [4.78, 5) is 13.2. The minimum Gasteiger partial charge on any atom is -0.366 e. The molecule has 2 aliphatic heterocycles. The maximum Gasteiger partial charge on any atom is 0.293 e. The molecular formula is C18H27N3O4S. The first kappa shape index (κ1) is 19.1. The lowest BCUT2D eigenvalue weighted by Crippen LogP contribution is -2.36. The van der Waals surface area contributed by atoms with E-state index in [1.165, 1.54) is 16.4 Å². The Morgan fingerprint density at radius 3 is 2.54 bits per heavy atom. The van der Waals surface area contributed by atoms with Gasteiger partial charge in [0.15, 0.2) is 0 Å². The van der Waals surface area contributed by atoms with E-state index in [0.717, 1.165) is 51.6 Å². The second-order valence-corrected chi connectivity index (χ2v) is 9.17. The minimum atomic E-state index is -3.67. The van der Waals surface area contributed by atoms with Crippen molar-refractivity contribution in [1.82, 2.24) is 4.31 Å². The first-order valence-corrected chi connectivity index (χ1v) is 10.9. The number of benzene rings is 1. The van der Waals surface area contributed by atoms with Crippen LogP contribution in [-0.2, 0) is 10.0 Å². The van der Waals surface area contributed by atoms with Gasteiger partial charge in [0.05, 0.1) is 9.82 Å². The number of nitrogens with zero attached hydrogens (tertiary/aromatic N) is 3. The molecule has 0 amide bonds. The summed E-state index contributed by atoms with van der Waals surface area (Å²) in [5, 5.41) is 11.6. The summed E-state index contributed by atoms with van der Waals surface area (Å²) < 4.78 is 27.1. The Balaban J connectivity index is 1.93. The van der Waals surface area contributed by atoms with Crippen molar-refractivity contribution in [2.24, 2.45) is 5.92 Å². The van der Waals surface area contributed by atoms with Gasteiger partial charge in [-0.15, -0.1) is 0 Å². The summed E-state index contributed by atoms with van der Waals surface area (Å²) >= 11 is 0. The van der Waals surface area contributed by atoms with Gasteiger partial charge in [0, 0.05) is 32.2 Å².